The number of unbranched alkanes of at least 4 members (excludes halogenated alkanes) is 1. The zero-order chi connectivity index (χ0) is 75.0. The summed E-state index contributed by atoms with van der Waals surface area (Å²) in [4.78, 5) is 174. The molecule has 560 valence electrons. The van der Waals surface area contributed by atoms with E-state index in [4.69, 9.17) is 9.47 Å². The molecule has 0 spiro atoms. The fraction of sp³-hybridized carbons (Fsp3) is 0.747. The Hall–Kier alpha value is -6.63. The Morgan fingerprint density at radius 3 is 1.62 bits per heavy atom. The molecule has 1 aromatic carbocycles. The third kappa shape index (κ3) is 25.4. The Kier molecular flexibility index (Phi) is 36.1. The van der Waals surface area contributed by atoms with Crippen molar-refractivity contribution in [3.05, 3.63) is 42.0 Å². The molecule has 9 amide bonds. The minimum Gasteiger partial charge on any atom is -0.390 e. The number of nitrogens with one attached hydrogen (secondary N) is 3. The van der Waals surface area contributed by atoms with Gasteiger partial charge in [0.2, 0.25) is 53.2 Å². The van der Waals surface area contributed by atoms with Gasteiger partial charge in [-0.2, -0.15) is 0 Å². The van der Waals surface area contributed by atoms with E-state index in [-0.39, 0.29) is 69.3 Å². The number of hydrogen-bond donors (Lipinski definition) is 4. The molecule has 2 saturated heterocycles. The van der Waals surface area contributed by atoms with Crippen molar-refractivity contribution in [2.45, 2.75) is 235 Å². The summed E-state index contributed by atoms with van der Waals surface area (Å²) in [6.45, 7) is 31.9. The second-order valence-corrected chi connectivity index (χ2v) is 30.0. The normalized spacial score (nSPS) is 26.9. The fourth-order valence-electron chi connectivity index (χ4n) is 13.2. The zero-order valence-corrected chi connectivity index (χ0v) is 64.0. The molecule has 2 heterocycles. The van der Waals surface area contributed by atoms with Gasteiger partial charge in [0.25, 0.3) is 0 Å². The van der Waals surface area contributed by atoms with Gasteiger partial charge in [-0.05, 0) is 113 Å². The van der Waals surface area contributed by atoms with Crippen LogP contribution in [0.4, 0.5) is 0 Å². The van der Waals surface area contributed by atoms with Gasteiger partial charge in [0.05, 0.1) is 31.5 Å². The molecule has 99 heavy (non-hydrogen) atoms. The van der Waals surface area contributed by atoms with Crippen LogP contribution in [0.1, 0.15) is 174 Å². The number of amides is 9. The van der Waals surface area contributed by atoms with Crippen LogP contribution in [0.25, 0.3) is 6.08 Å². The summed E-state index contributed by atoms with van der Waals surface area (Å²) in [5.41, 5.74) is 0.890. The molecular formula is C75H126N10O14. The number of Topliss-reactive ketones (excluding diaryl/α,β-unsaturated/α-hetero) is 2. The van der Waals surface area contributed by atoms with Crippen LogP contribution >= 0.6 is 0 Å². The second kappa shape index (κ2) is 41.3. The van der Waals surface area contributed by atoms with Gasteiger partial charge < -0.3 is 59.9 Å². The average molecular weight is 1390 g/mol. The number of benzene rings is 1. The smallest absolute Gasteiger partial charge is 0.245 e. The number of likely N-dealkylation sites (N-methyl/N-ethyl adjacent to an activating group) is 6. The van der Waals surface area contributed by atoms with E-state index in [1.807, 2.05) is 84.0 Å². The lowest BCUT2D eigenvalue weighted by molar-refractivity contribution is -0.154. The highest BCUT2D eigenvalue weighted by Crippen LogP contribution is 2.28. The van der Waals surface area contributed by atoms with Gasteiger partial charge >= 0.3 is 0 Å². The SMILES string of the molecule is CC[C@@H]1NC(=O)[C@H]([C@H](O)[C@H](C)C/C=C/c2ccccc2)NC(=O)[C@H](C(C)C)N(C)C(=O)[C@H](CC(C)C)N(C)C(=O)[C@H](CC(C)C)N(C)C(=O)[C@@H](C)NC(=O)[C@H](C)CC(=O)[C@H](CC(C)C)N(C)C(=O)[C@H](C(C)C)CC(=O)[C@H]([C@@H](C)OCCCCN2CCOCC2)N(C)C(=O)[C@@H](C)N(C)C1=O. The van der Waals surface area contributed by atoms with E-state index in [0.29, 0.717) is 19.6 Å². The van der Waals surface area contributed by atoms with E-state index < -0.39 is 161 Å². The molecular weight excluding hydrogens is 1260 g/mol. The summed E-state index contributed by atoms with van der Waals surface area (Å²) in [6.07, 6.45) is 2.69. The van der Waals surface area contributed by atoms with Crippen molar-refractivity contribution in [1.82, 2.24) is 50.2 Å². The number of ketones is 2. The summed E-state index contributed by atoms with van der Waals surface area (Å²) < 4.78 is 11.9. The maximum absolute atomic E-state index is 15.2. The summed E-state index contributed by atoms with van der Waals surface area (Å²) in [7, 11) is 8.71. The van der Waals surface area contributed by atoms with Crippen LogP contribution in [0.3, 0.4) is 0 Å². The molecule has 0 saturated carbocycles. The number of morpholine rings is 1. The molecule has 24 heteroatoms. The molecule has 24 nitrogen and oxygen atoms in total. The minimum absolute atomic E-state index is 0.0115. The maximum atomic E-state index is 15.2. The van der Waals surface area contributed by atoms with E-state index in [9.17, 15) is 24.3 Å². The first kappa shape index (κ1) is 86.6. The molecule has 2 aliphatic rings. The van der Waals surface area contributed by atoms with Crippen LogP contribution in [0, 0.1) is 47.3 Å². The highest BCUT2D eigenvalue weighted by molar-refractivity contribution is 6.00. The van der Waals surface area contributed by atoms with Crippen LogP contribution in [0.2, 0.25) is 0 Å². The summed E-state index contributed by atoms with van der Waals surface area (Å²) >= 11 is 0. The van der Waals surface area contributed by atoms with E-state index in [1.165, 1.54) is 80.6 Å². The van der Waals surface area contributed by atoms with Crippen LogP contribution < -0.4 is 16.0 Å². The molecule has 4 N–H and O–H groups in total. The molecule has 0 radical (unpaired) electrons. The number of carbonyl (C=O) groups is 11. The van der Waals surface area contributed by atoms with E-state index in [1.54, 1.807) is 55.4 Å². The van der Waals surface area contributed by atoms with Crippen molar-refractivity contribution in [3.63, 3.8) is 0 Å². The highest BCUT2D eigenvalue weighted by Gasteiger charge is 2.45. The Balaban J connectivity index is 2.31. The van der Waals surface area contributed by atoms with E-state index in [0.717, 1.165) is 36.5 Å². The Morgan fingerprint density at radius 2 is 1.08 bits per heavy atom. The number of aliphatic hydroxyl groups excluding tert-OH is 1. The standard InChI is InChI=1S/C75H126N10O14/c1-23-57-73(95)79(17)53(15)71(93)84(22)65(54(16)99-37-28-27-34-85-35-38-98-39-36-85)62(87)44-56(48(8)9)72(94)80(18)58(40-45(2)3)61(86)43-51(13)67(89)76-52(14)70(92)81(19)59(41-46(4)5)74(96)82(20)60(42-47(6)7)75(97)83(21)64(49(10)11)69(91)78-63(68(90)77-57)66(88)50(12)30-29-33-55-31-25-24-26-32-55/h24-26,29,31-33,45-54,56-60,63-66,88H,23,27-28,30,34-44H2,1-22H3,(H,76,89)(H,77,90)(H,78,91)/b33-29+/t50-,51-,52-,53-,54-,56+,57+,58+,59+,60+,63+,64+,65+,66-/m1/s1. The minimum atomic E-state index is -1.72. The number of carbonyl (C=O) groups excluding carboxylic acids is 11. The lowest BCUT2D eigenvalue weighted by Crippen LogP contribution is -2.63. The first-order valence-corrected chi connectivity index (χ1v) is 36.2. The van der Waals surface area contributed by atoms with Gasteiger partial charge in [0.15, 0.2) is 11.6 Å². The number of ether oxygens (including phenoxy) is 2. The van der Waals surface area contributed by atoms with Crippen molar-refractivity contribution in [2.24, 2.45) is 47.3 Å². The molecule has 3 rings (SSSR count). The number of nitrogens with zero attached hydrogens (tertiary/aromatic N) is 7. The van der Waals surface area contributed by atoms with Crippen LogP contribution in [0.15, 0.2) is 36.4 Å². The predicted octanol–water partition coefficient (Wildman–Crippen LogP) is 6.11. The van der Waals surface area contributed by atoms with Crippen LogP contribution in [-0.2, 0) is 62.2 Å². The molecule has 2 aliphatic heterocycles. The van der Waals surface area contributed by atoms with Gasteiger partial charge in [0, 0.05) is 86.7 Å². The monoisotopic (exact) mass is 1390 g/mol. The third-order valence-corrected chi connectivity index (χ3v) is 19.7. The Labute approximate surface area is 592 Å². The summed E-state index contributed by atoms with van der Waals surface area (Å²) in [6, 6.07) is -1.98. The molecule has 1 aromatic rings. The van der Waals surface area contributed by atoms with Gasteiger partial charge in [-0.15, -0.1) is 0 Å². The van der Waals surface area contributed by atoms with Crippen molar-refractivity contribution in [2.75, 3.05) is 81.7 Å². The second-order valence-electron chi connectivity index (χ2n) is 30.0. The number of aliphatic hydroxyl groups is 1. The predicted molar refractivity (Wildman–Crippen MR) is 384 cm³/mol. The first-order chi connectivity index (χ1) is 46.3. The van der Waals surface area contributed by atoms with E-state index >= 15 is 33.6 Å². The van der Waals surface area contributed by atoms with Crippen LogP contribution in [-0.4, -0.2) is 252 Å². The molecule has 0 aromatic heterocycles. The number of hydrogen-bond acceptors (Lipinski definition) is 15. The quantitative estimate of drug-likeness (QED) is 0.101. The Bertz CT molecular complexity index is 2850. The molecule has 14 atom stereocenters. The topological polar surface area (TPSA) is 285 Å². The lowest BCUT2D eigenvalue weighted by atomic mass is 9.85. The molecule has 2 fully saturated rings. The van der Waals surface area contributed by atoms with Crippen molar-refractivity contribution >= 4 is 70.8 Å². The fourth-order valence-corrected chi connectivity index (χ4v) is 13.2. The van der Waals surface area contributed by atoms with Crippen molar-refractivity contribution < 1.29 is 67.3 Å². The molecule has 0 unspecified atom stereocenters. The summed E-state index contributed by atoms with van der Waals surface area (Å²) in [5.74, 6) is -11.2. The number of rotatable bonds is 21. The zero-order valence-electron chi connectivity index (χ0n) is 64.0. The largest absolute Gasteiger partial charge is 0.390 e. The lowest BCUT2D eigenvalue weighted by Gasteiger charge is -2.40. The van der Waals surface area contributed by atoms with Crippen molar-refractivity contribution in [3.8, 4) is 0 Å². The average Bonchev–Trinajstić information content (AvgIpc) is 0.825. The van der Waals surface area contributed by atoms with E-state index in [2.05, 4.69) is 20.9 Å². The van der Waals surface area contributed by atoms with Crippen molar-refractivity contribution in [1.29, 1.82) is 0 Å². The third-order valence-electron chi connectivity index (χ3n) is 19.7. The summed E-state index contributed by atoms with van der Waals surface area (Å²) in [5, 5.41) is 20.6. The maximum Gasteiger partial charge on any atom is 0.245 e. The van der Waals surface area contributed by atoms with Gasteiger partial charge in [-0.25, -0.2) is 0 Å². The highest BCUT2D eigenvalue weighted by atomic mass is 16.5. The molecule has 0 aliphatic carbocycles. The number of allylic oxidation sites excluding steroid dienone is 1. The van der Waals surface area contributed by atoms with Gasteiger partial charge in [0.1, 0.15) is 48.3 Å². The Morgan fingerprint density at radius 1 is 0.556 bits per heavy atom. The van der Waals surface area contributed by atoms with Gasteiger partial charge in [-0.1, -0.05) is 132 Å². The first-order valence-electron chi connectivity index (χ1n) is 36.2. The van der Waals surface area contributed by atoms with Gasteiger partial charge in [-0.3, -0.25) is 57.6 Å². The van der Waals surface area contributed by atoms with Crippen LogP contribution in [0.5, 0.6) is 0 Å². The molecule has 0 bridgehead atoms.